The van der Waals surface area contributed by atoms with Crippen LogP contribution >= 0.6 is 0 Å². The van der Waals surface area contributed by atoms with Gasteiger partial charge in [-0.3, -0.25) is 0 Å². The molecule has 0 N–H and O–H groups in total. The van der Waals surface area contributed by atoms with Crippen molar-refractivity contribution in [2.24, 2.45) is 10.8 Å². The summed E-state index contributed by atoms with van der Waals surface area (Å²) in [6.07, 6.45) is 14.7. The first kappa shape index (κ1) is 48.8. The van der Waals surface area contributed by atoms with Crippen LogP contribution in [0, 0.1) is 46.6 Å². The van der Waals surface area contributed by atoms with E-state index >= 15 is 0 Å². The van der Waals surface area contributed by atoms with Crippen molar-refractivity contribution in [3.05, 3.63) is 274 Å². The van der Waals surface area contributed by atoms with Crippen molar-refractivity contribution in [3.8, 4) is 23.3 Å². The minimum Gasteiger partial charge on any atom is -0.461 e. The van der Waals surface area contributed by atoms with Gasteiger partial charge in [-0.25, -0.2) is 20.2 Å². The van der Waals surface area contributed by atoms with Crippen molar-refractivity contribution in [1.29, 1.82) is 10.5 Å². The van der Waals surface area contributed by atoms with E-state index in [-0.39, 0.29) is 22.2 Å². The maximum Gasteiger partial charge on any atom is 0.269 e. The Bertz CT molecular complexity index is 3140. The molecule has 8 rings (SSSR count). The summed E-state index contributed by atoms with van der Waals surface area (Å²) in [7, 11) is 0. The minimum atomic E-state index is -0.314. The van der Waals surface area contributed by atoms with Gasteiger partial charge in [0, 0.05) is 45.0 Å². The maximum atomic E-state index is 9.57. The Hall–Kier alpha value is -9.60. The van der Waals surface area contributed by atoms with Gasteiger partial charge in [0.05, 0.1) is 25.3 Å². The Balaban J connectivity index is 1.01. The predicted molar refractivity (Wildman–Crippen MR) is 291 cm³/mol. The molecule has 6 aromatic carbocycles. The molecule has 0 amide bonds. The number of hydrogen-bond donors (Lipinski definition) is 0. The van der Waals surface area contributed by atoms with Gasteiger partial charge in [-0.1, -0.05) is 139 Å². The number of hydrogen-bond acceptors (Lipinski definition) is 6. The molecule has 0 atom stereocenters. The molecule has 2 aliphatic heterocycles. The highest BCUT2D eigenvalue weighted by Crippen LogP contribution is 2.40. The van der Waals surface area contributed by atoms with Crippen LogP contribution < -0.4 is 9.80 Å². The molecule has 0 unspecified atom stereocenters. The lowest BCUT2D eigenvalue weighted by molar-refractivity contribution is 0.223. The summed E-state index contributed by atoms with van der Waals surface area (Å²) in [5, 5.41) is 19.1. The molecule has 350 valence electrons. The van der Waals surface area contributed by atoms with E-state index in [1.807, 2.05) is 114 Å². The lowest BCUT2D eigenvalue weighted by Crippen LogP contribution is -2.15. The molecular formula is C64H52N6O2. The van der Waals surface area contributed by atoms with Crippen LogP contribution in [-0.2, 0) is 9.47 Å². The van der Waals surface area contributed by atoms with Crippen molar-refractivity contribution in [3.63, 3.8) is 0 Å². The van der Waals surface area contributed by atoms with Crippen LogP contribution in [0.5, 0.6) is 0 Å². The molecule has 0 radical (unpaired) electrons. The SMILES string of the molecule is [C-]#[N+]/C(C#N)=C1C=C(/C=C/c2ccc(N(c3ccccc3)c3ccc(-c4ccc(N(c5ccccc5)c5ccc(/C=C/C6=CC(=C(/C#N)[N+]#[C-])/C=C(C(C)(C)C)O6)cc5)cc4)cc3)cc2)OC(C(C)(C)C)=C/1. The van der Waals surface area contributed by atoms with E-state index in [0.717, 1.165) is 56.4 Å². The summed E-state index contributed by atoms with van der Waals surface area (Å²) in [4.78, 5) is 11.3. The molecule has 0 aromatic heterocycles. The summed E-state index contributed by atoms with van der Waals surface area (Å²) >= 11 is 0. The smallest absolute Gasteiger partial charge is 0.269 e. The maximum absolute atomic E-state index is 9.57. The second-order valence-corrected chi connectivity index (χ2v) is 19.2. The van der Waals surface area contributed by atoms with Crippen molar-refractivity contribution < 1.29 is 9.47 Å². The van der Waals surface area contributed by atoms with Gasteiger partial charge in [0.2, 0.25) is 0 Å². The molecule has 2 aliphatic rings. The number of para-hydroxylation sites is 2. The summed E-state index contributed by atoms with van der Waals surface area (Å²) in [5.74, 6) is 2.50. The molecule has 0 saturated carbocycles. The van der Waals surface area contributed by atoms with Crippen LogP contribution in [0.2, 0.25) is 0 Å². The van der Waals surface area contributed by atoms with Crippen molar-refractivity contribution in [2.45, 2.75) is 41.5 Å². The predicted octanol–water partition coefficient (Wildman–Crippen LogP) is 17.4. The van der Waals surface area contributed by atoms with E-state index in [2.05, 4.69) is 141 Å². The average Bonchev–Trinajstić information content (AvgIpc) is 3.39. The van der Waals surface area contributed by atoms with Crippen LogP contribution in [0.25, 0.3) is 33.0 Å². The zero-order chi connectivity index (χ0) is 50.8. The lowest BCUT2D eigenvalue weighted by atomic mass is 9.91. The normalized spacial score (nSPS) is 15.0. The zero-order valence-electron chi connectivity index (χ0n) is 41.1. The van der Waals surface area contributed by atoms with Gasteiger partial charge in [-0.05, 0) is 143 Å². The van der Waals surface area contributed by atoms with Gasteiger partial charge in [-0.15, -0.1) is 0 Å². The Morgan fingerprint density at radius 2 is 0.736 bits per heavy atom. The van der Waals surface area contributed by atoms with Crippen LogP contribution in [-0.4, -0.2) is 0 Å². The van der Waals surface area contributed by atoms with Gasteiger partial charge in [0.1, 0.15) is 23.0 Å². The summed E-state index contributed by atoms with van der Waals surface area (Å²) < 4.78 is 12.4. The summed E-state index contributed by atoms with van der Waals surface area (Å²) in [6.45, 7) is 27.2. The number of rotatable bonds is 11. The number of allylic oxidation sites excluding steroid dienone is 12. The van der Waals surface area contributed by atoms with Gasteiger partial charge in [-0.2, -0.15) is 0 Å². The Morgan fingerprint density at radius 3 is 1.03 bits per heavy atom. The minimum absolute atomic E-state index is 0.0289. The third-order valence-corrected chi connectivity index (χ3v) is 11.9. The van der Waals surface area contributed by atoms with E-state index in [4.69, 9.17) is 22.6 Å². The van der Waals surface area contributed by atoms with E-state index in [1.165, 1.54) is 0 Å². The van der Waals surface area contributed by atoms with E-state index in [0.29, 0.717) is 34.2 Å². The Kier molecular flexibility index (Phi) is 14.5. The fourth-order valence-electron chi connectivity index (χ4n) is 8.01. The first-order valence-electron chi connectivity index (χ1n) is 23.5. The number of benzene rings is 6. The quantitative estimate of drug-likeness (QED) is 0.0951. The molecule has 0 spiro atoms. The van der Waals surface area contributed by atoms with Gasteiger partial charge in [0.15, 0.2) is 0 Å². The number of nitriles is 2. The largest absolute Gasteiger partial charge is 0.461 e. The van der Waals surface area contributed by atoms with Crippen LogP contribution in [0.4, 0.5) is 34.1 Å². The highest BCUT2D eigenvalue weighted by molar-refractivity contribution is 5.81. The molecule has 2 heterocycles. The van der Waals surface area contributed by atoms with E-state index in [1.54, 1.807) is 24.3 Å². The van der Waals surface area contributed by atoms with Gasteiger partial charge < -0.3 is 19.3 Å². The second-order valence-electron chi connectivity index (χ2n) is 19.2. The summed E-state index contributed by atoms with van der Waals surface area (Å²) in [5.41, 5.74) is 10.7. The standard InChI is InChI=1S/C64H52N6O2/c1-63(2,3)61-41-49(59(43-65)67-7)39-57(71-61)37-23-45-19-29-53(30-20-45)69(51-15-11-9-12-16-51)55-33-25-47(26-34-55)48-27-35-56(36-28-48)70(52-17-13-10-14-18-52)54-31-21-46(22-32-54)24-38-58-40-50(60(44-66)68-8)42-62(72-58)64(4,5)6/h9-42H,1-6H3/b37-23+,38-24+,59-49-,60-50+. The topological polar surface area (TPSA) is 81.2 Å². The average molecular weight is 937 g/mol. The fourth-order valence-corrected chi connectivity index (χ4v) is 8.01. The van der Waals surface area contributed by atoms with Gasteiger partial charge in [0.25, 0.3) is 11.4 Å². The molecule has 8 heteroatoms. The van der Waals surface area contributed by atoms with Crippen LogP contribution in [0.15, 0.2) is 240 Å². The highest BCUT2D eigenvalue weighted by atomic mass is 16.5. The molecule has 6 aromatic rings. The molecule has 0 fully saturated rings. The monoisotopic (exact) mass is 936 g/mol. The molecular weight excluding hydrogens is 885 g/mol. The van der Waals surface area contributed by atoms with Crippen molar-refractivity contribution in [2.75, 3.05) is 9.80 Å². The number of ether oxygens (including phenoxy) is 2. The Labute approximate surface area is 423 Å². The van der Waals surface area contributed by atoms with E-state index in [9.17, 15) is 10.5 Å². The third-order valence-electron chi connectivity index (χ3n) is 11.9. The lowest BCUT2D eigenvalue weighted by Gasteiger charge is -2.27. The van der Waals surface area contributed by atoms with Gasteiger partial charge >= 0.3 is 0 Å². The first-order chi connectivity index (χ1) is 34.7. The highest BCUT2D eigenvalue weighted by Gasteiger charge is 2.25. The summed E-state index contributed by atoms with van der Waals surface area (Å²) in [6, 6.07) is 58.5. The molecule has 0 aliphatic carbocycles. The van der Waals surface area contributed by atoms with Crippen LogP contribution in [0.1, 0.15) is 52.7 Å². The third kappa shape index (κ3) is 11.5. The van der Waals surface area contributed by atoms with Crippen molar-refractivity contribution in [1.82, 2.24) is 0 Å². The molecule has 0 saturated heterocycles. The zero-order valence-corrected chi connectivity index (χ0v) is 41.1. The fraction of sp³-hybridized carbons (Fsp3) is 0.125. The Morgan fingerprint density at radius 1 is 0.431 bits per heavy atom. The first-order valence-corrected chi connectivity index (χ1v) is 23.5. The van der Waals surface area contributed by atoms with E-state index < -0.39 is 0 Å². The molecule has 0 bridgehead atoms. The second kappa shape index (κ2) is 21.4. The molecule has 72 heavy (non-hydrogen) atoms. The van der Waals surface area contributed by atoms with Crippen molar-refractivity contribution >= 4 is 46.3 Å². The number of anilines is 6. The molecule has 8 nitrogen and oxygen atoms in total. The number of nitrogens with zero attached hydrogens (tertiary/aromatic N) is 6. The van der Waals surface area contributed by atoms with Crippen LogP contribution in [0.3, 0.4) is 0 Å².